The number of carbonyl (C=O) groups is 2. The predicted octanol–water partition coefficient (Wildman–Crippen LogP) is 4.24. The Morgan fingerprint density at radius 2 is 1.48 bits per heavy atom. The lowest BCUT2D eigenvalue weighted by atomic mass is 10.1. The first-order chi connectivity index (χ1) is 20.0. The minimum Gasteiger partial charge on any atom is -0.497 e. The molecule has 0 aliphatic rings. The SMILES string of the molecule is CC[C@@H](C)NC(=O)[C@@H](C)N(Cc1ccc(OC)cc1)C(=O)CN(c1cc(OC)ccc1OC)S(=O)(=O)c1ccccc1. The van der Waals surface area contributed by atoms with E-state index < -0.39 is 28.5 Å². The topological polar surface area (TPSA) is 114 Å². The molecule has 1 N–H and O–H groups in total. The van der Waals surface area contributed by atoms with Crippen molar-refractivity contribution in [2.24, 2.45) is 0 Å². The number of methoxy groups -OCH3 is 3. The zero-order chi connectivity index (χ0) is 30.9. The van der Waals surface area contributed by atoms with E-state index in [9.17, 15) is 18.0 Å². The Balaban J connectivity index is 2.09. The normalized spacial score (nSPS) is 12.5. The van der Waals surface area contributed by atoms with Gasteiger partial charge in [0.25, 0.3) is 10.0 Å². The number of benzene rings is 3. The molecule has 0 aliphatic carbocycles. The van der Waals surface area contributed by atoms with E-state index in [4.69, 9.17) is 14.2 Å². The van der Waals surface area contributed by atoms with Crippen molar-refractivity contribution in [3.63, 3.8) is 0 Å². The van der Waals surface area contributed by atoms with Crippen LogP contribution in [0.5, 0.6) is 17.2 Å². The first-order valence-corrected chi connectivity index (χ1v) is 15.0. The fourth-order valence-corrected chi connectivity index (χ4v) is 5.64. The molecule has 3 aromatic rings. The van der Waals surface area contributed by atoms with Gasteiger partial charge >= 0.3 is 0 Å². The number of anilines is 1. The molecule has 0 aliphatic heterocycles. The van der Waals surface area contributed by atoms with Gasteiger partial charge in [0.2, 0.25) is 11.8 Å². The smallest absolute Gasteiger partial charge is 0.264 e. The molecular formula is C31H39N3O7S. The second-order valence-corrected chi connectivity index (χ2v) is 11.6. The lowest BCUT2D eigenvalue weighted by molar-refractivity contribution is -0.139. The Morgan fingerprint density at radius 3 is 2.05 bits per heavy atom. The number of rotatable bonds is 14. The third-order valence-corrected chi connectivity index (χ3v) is 8.72. The van der Waals surface area contributed by atoms with Crippen molar-refractivity contribution in [2.75, 3.05) is 32.2 Å². The number of carbonyl (C=O) groups excluding carboxylic acids is 2. The summed E-state index contributed by atoms with van der Waals surface area (Å²) in [5, 5.41) is 2.92. The minimum atomic E-state index is -4.26. The van der Waals surface area contributed by atoms with Crippen molar-refractivity contribution >= 4 is 27.5 Å². The molecule has 0 unspecified atom stereocenters. The zero-order valence-corrected chi connectivity index (χ0v) is 25.7. The predicted molar refractivity (Wildman–Crippen MR) is 161 cm³/mol. The maximum absolute atomic E-state index is 14.1. The Morgan fingerprint density at radius 1 is 0.857 bits per heavy atom. The van der Waals surface area contributed by atoms with Crippen LogP contribution in [0.2, 0.25) is 0 Å². The summed E-state index contributed by atoms with van der Waals surface area (Å²) in [5.41, 5.74) is 0.860. The molecule has 3 aromatic carbocycles. The van der Waals surface area contributed by atoms with E-state index in [0.29, 0.717) is 17.9 Å². The molecule has 0 saturated carbocycles. The molecule has 3 rings (SSSR count). The van der Waals surface area contributed by atoms with Crippen molar-refractivity contribution in [1.29, 1.82) is 0 Å². The van der Waals surface area contributed by atoms with Gasteiger partial charge in [0.15, 0.2) is 0 Å². The highest BCUT2D eigenvalue weighted by molar-refractivity contribution is 7.92. The van der Waals surface area contributed by atoms with Gasteiger partial charge in [-0.2, -0.15) is 0 Å². The highest BCUT2D eigenvalue weighted by Gasteiger charge is 2.34. The molecule has 10 nitrogen and oxygen atoms in total. The first-order valence-electron chi connectivity index (χ1n) is 13.6. The van der Waals surface area contributed by atoms with Gasteiger partial charge in [-0.25, -0.2) is 8.42 Å². The van der Waals surface area contributed by atoms with Crippen molar-refractivity contribution in [3.05, 3.63) is 78.4 Å². The largest absolute Gasteiger partial charge is 0.497 e. The second kappa shape index (κ2) is 14.6. The average Bonchev–Trinajstić information content (AvgIpc) is 3.02. The van der Waals surface area contributed by atoms with Gasteiger partial charge in [-0.1, -0.05) is 37.3 Å². The highest BCUT2D eigenvalue weighted by Crippen LogP contribution is 2.36. The lowest BCUT2D eigenvalue weighted by Gasteiger charge is -2.33. The highest BCUT2D eigenvalue weighted by atomic mass is 32.2. The maximum atomic E-state index is 14.1. The molecule has 0 aromatic heterocycles. The summed E-state index contributed by atoms with van der Waals surface area (Å²) < 4.78 is 45.2. The summed E-state index contributed by atoms with van der Waals surface area (Å²) in [7, 11) is 0.172. The summed E-state index contributed by atoms with van der Waals surface area (Å²) >= 11 is 0. The van der Waals surface area contributed by atoms with E-state index in [2.05, 4.69) is 5.32 Å². The molecule has 11 heteroatoms. The molecule has 42 heavy (non-hydrogen) atoms. The Kier molecular flexibility index (Phi) is 11.2. The first kappa shape index (κ1) is 32.3. The van der Waals surface area contributed by atoms with Gasteiger partial charge in [0.1, 0.15) is 29.8 Å². The van der Waals surface area contributed by atoms with Gasteiger partial charge in [0, 0.05) is 18.7 Å². The van der Waals surface area contributed by atoms with E-state index in [-0.39, 0.29) is 34.8 Å². The van der Waals surface area contributed by atoms with Gasteiger partial charge in [-0.15, -0.1) is 0 Å². The molecule has 0 spiro atoms. The fourth-order valence-electron chi connectivity index (χ4n) is 4.20. The number of hydrogen-bond donors (Lipinski definition) is 1. The van der Waals surface area contributed by atoms with Crippen LogP contribution in [0.15, 0.2) is 77.7 Å². The molecule has 0 heterocycles. The summed E-state index contributed by atoms with van der Waals surface area (Å²) in [4.78, 5) is 28.7. The molecule has 2 atom stereocenters. The average molecular weight is 598 g/mol. The Hall–Kier alpha value is -4.25. The molecule has 0 radical (unpaired) electrons. The fraction of sp³-hybridized carbons (Fsp3) is 0.355. The van der Waals surface area contributed by atoms with E-state index >= 15 is 0 Å². The van der Waals surface area contributed by atoms with Crippen LogP contribution in [0.3, 0.4) is 0 Å². The number of sulfonamides is 1. The van der Waals surface area contributed by atoms with Gasteiger partial charge in [0.05, 0.1) is 31.9 Å². The number of amides is 2. The van der Waals surface area contributed by atoms with Crippen LogP contribution in [-0.2, 0) is 26.2 Å². The lowest BCUT2D eigenvalue weighted by Crippen LogP contribution is -2.52. The minimum absolute atomic E-state index is 0.00746. The molecule has 0 fully saturated rings. The zero-order valence-electron chi connectivity index (χ0n) is 24.9. The summed E-state index contributed by atoms with van der Waals surface area (Å²) in [6.07, 6.45) is 0.712. The maximum Gasteiger partial charge on any atom is 0.264 e. The van der Waals surface area contributed by atoms with Gasteiger partial charge < -0.3 is 24.4 Å². The van der Waals surface area contributed by atoms with E-state index in [1.165, 1.54) is 37.3 Å². The molecule has 2 amide bonds. The number of hydrogen-bond acceptors (Lipinski definition) is 7. The van der Waals surface area contributed by atoms with Crippen LogP contribution < -0.4 is 23.8 Å². The Labute approximate surface area is 248 Å². The summed E-state index contributed by atoms with van der Waals surface area (Å²) in [6.45, 7) is 4.92. The monoisotopic (exact) mass is 597 g/mol. The van der Waals surface area contributed by atoms with Crippen molar-refractivity contribution in [2.45, 2.75) is 50.7 Å². The van der Waals surface area contributed by atoms with Gasteiger partial charge in [-0.05, 0) is 62.2 Å². The number of ether oxygens (including phenoxy) is 3. The van der Waals surface area contributed by atoms with Crippen LogP contribution in [0.25, 0.3) is 0 Å². The van der Waals surface area contributed by atoms with Crippen LogP contribution in [0, 0.1) is 0 Å². The summed E-state index contributed by atoms with van der Waals surface area (Å²) in [5.74, 6) is 0.323. The van der Waals surface area contributed by atoms with E-state index in [1.807, 2.05) is 13.8 Å². The molecule has 0 saturated heterocycles. The molecule has 0 bridgehead atoms. The van der Waals surface area contributed by atoms with Crippen LogP contribution in [-0.4, -0.2) is 65.1 Å². The third-order valence-electron chi connectivity index (χ3n) is 6.95. The van der Waals surface area contributed by atoms with Crippen molar-refractivity contribution < 1.29 is 32.2 Å². The number of nitrogens with one attached hydrogen (secondary N) is 1. The van der Waals surface area contributed by atoms with Crippen molar-refractivity contribution in [3.8, 4) is 17.2 Å². The molecule has 226 valence electrons. The quantitative estimate of drug-likeness (QED) is 0.296. The van der Waals surface area contributed by atoms with Crippen LogP contribution in [0.1, 0.15) is 32.8 Å². The van der Waals surface area contributed by atoms with Gasteiger partial charge in [-0.3, -0.25) is 13.9 Å². The van der Waals surface area contributed by atoms with Crippen molar-refractivity contribution in [1.82, 2.24) is 10.2 Å². The van der Waals surface area contributed by atoms with E-state index in [1.54, 1.807) is 68.6 Å². The standard InChI is InChI=1S/C31H39N3O7S/c1-7-22(2)32-31(36)23(3)33(20-24-13-15-25(39-4)16-14-24)30(35)21-34(42(37,38)27-11-9-8-10-12-27)28-19-26(40-5)17-18-29(28)41-6/h8-19,22-23H,7,20-21H2,1-6H3,(H,32,36)/t22-,23-/m1/s1. The third kappa shape index (κ3) is 7.73. The van der Waals surface area contributed by atoms with E-state index in [0.717, 1.165) is 9.87 Å². The second-order valence-electron chi connectivity index (χ2n) is 9.73. The molecular weight excluding hydrogens is 558 g/mol. The van der Waals surface area contributed by atoms with Crippen LogP contribution in [0.4, 0.5) is 5.69 Å². The summed E-state index contributed by atoms with van der Waals surface area (Å²) in [6, 6.07) is 18.6. The number of nitrogens with zero attached hydrogens (tertiary/aromatic N) is 2. The Bertz CT molecular complexity index is 1450. The van der Waals surface area contributed by atoms with Crippen LogP contribution >= 0.6 is 0 Å².